The standard InChI is InChI=1S/C23H25N3O7S/c1-14-8-17-19(31-12-22(27)25-17)10-21(14)34(29,30)26-6-4-16(5-7-26)23(28)24-11-15-2-3-18-20(9-15)33-13-32-18/h2-3,8-10,16H,4-7,11-13H2,1H3,(H,24,28)(H,25,27). The molecule has 2 N–H and O–H groups in total. The molecule has 0 unspecified atom stereocenters. The van der Waals surface area contributed by atoms with E-state index in [2.05, 4.69) is 10.6 Å². The molecule has 0 aromatic heterocycles. The van der Waals surface area contributed by atoms with Gasteiger partial charge < -0.3 is 24.8 Å². The monoisotopic (exact) mass is 487 g/mol. The predicted molar refractivity (Wildman–Crippen MR) is 121 cm³/mol. The number of benzene rings is 2. The maximum absolute atomic E-state index is 13.3. The molecule has 5 rings (SSSR count). The van der Waals surface area contributed by atoms with Crippen molar-refractivity contribution in [3.8, 4) is 17.2 Å². The fourth-order valence-electron chi connectivity index (χ4n) is 4.38. The average molecular weight is 488 g/mol. The Hall–Kier alpha value is -3.31. The van der Waals surface area contributed by atoms with Gasteiger partial charge in [-0.15, -0.1) is 0 Å². The highest BCUT2D eigenvalue weighted by Gasteiger charge is 2.34. The summed E-state index contributed by atoms with van der Waals surface area (Å²) < 4.78 is 44.1. The van der Waals surface area contributed by atoms with Crippen molar-refractivity contribution in [2.45, 2.75) is 31.2 Å². The predicted octanol–water partition coefficient (Wildman–Crippen LogP) is 1.77. The lowest BCUT2D eigenvalue weighted by atomic mass is 9.97. The van der Waals surface area contributed by atoms with Crippen LogP contribution >= 0.6 is 0 Å². The third kappa shape index (κ3) is 4.28. The smallest absolute Gasteiger partial charge is 0.262 e. The molecule has 1 fully saturated rings. The Balaban J connectivity index is 1.20. The summed E-state index contributed by atoms with van der Waals surface area (Å²) in [6.07, 6.45) is 0.867. The topological polar surface area (TPSA) is 123 Å². The number of nitrogens with zero attached hydrogens (tertiary/aromatic N) is 1. The van der Waals surface area contributed by atoms with Crippen molar-refractivity contribution < 1.29 is 32.2 Å². The number of anilines is 1. The second kappa shape index (κ2) is 8.80. The second-order valence-corrected chi connectivity index (χ2v) is 10.4. The number of sulfonamides is 1. The summed E-state index contributed by atoms with van der Waals surface area (Å²) in [4.78, 5) is 24.4. The van der Waals surface area contributed by atoms with Crippen LogP contribution in [0.1, 0.15) is 24.0 Å². The lowest BCUT2D eigenvalue weighted by Gasteiger charge is -2.31. The van der Waals surface area contributed by atoms with E-state index in [9.17, 15) is 18.0 Å². The van der Waals surface area contributed by atoms with Crippen LogP contribution in [0.15, 0.2) is 35.2 Å². The van der Waals surface area contributed by atoms with E-state index < -0.39 is 10.0 Å². The highest BCUT2D eigenvalue weighted by molar-refractivity contribution is 7.89. The first-order chi connectivity index (χ1) is 16.3. The first kappa shape index (κ1) is 22.5. The first-order valence-corrected chi connectivity index (χ1v) is 12.5. The molecule has 180 valence electrons. The van der Waals surface area contributed by atoms with Gasteiger partial charge in [-0.2, -0.15) is 4.31 Å². The molecule has 3 aliphatic rings. The van der Waals surface area contributed by atoms with Crippen molar-refractivity contribution in [2.24, 2.45) is 5.92 Å². The Morgan fingerprint density at radius 2 is 1.85 bits per heavy atom. The number of carbonyl (C=O) groups excluding carboxylic acids is 2. The summed E-state index contributed by atoms with van der Waals surface area (Å²) in [5.41, 5.74) is 1.89. The molecule has 34 heavy (non-hydrogen) atoms. The average Bonchev–Trinajstić information content (AvgIpc) is 3.30. The van der Waals surface area contributed by atoms with Gasteiger partial charge in [-0.05, 0) is 49.1 Å². The number of hydrogen-bond donors (Lipinski definition) is 2. The summed E-state index contributed by atoms with van der Waals surface area (Å²) in [6.45, 7) is 2.59. The number of aryl methyl sites for hydroxylation is 1. The van der Waals surface area contributed by atoms with E-state index >= 15 is 0 Å². The highest BCUT2D eigenvalue weighted by atomic mass is 32.2. The molecule has 2 amide bonds. The summed E-state index contributed by atoms with van der Waals surface area (Å²) >= 11 is 0. The zero-order chi connectivity index (χ0) is 23.9. The molecule has 0 radical (unpaired) electrons. The van der Waals surface area contributed by atoms with E-state index in [1.54, 1.807) is 13.0 Å². The quantitative estimate of drug-likeness (QED) is 0.659. The Bertz CT molecular complexity index is 1250. The van der Waals surface area contributed by atoms with E-state index in [1.165, 1.54) is 10.4 Å². The largest absolute Gasteiger partial charge is 0.482 e. The van der Waals surface area contributed by atoms with Crippen LogP contribution in [0.2, 0.25) is 0 Å². The van der Waals surface area contributed by atoms with Gasteiger partial charge in [0, 0.05) is 31.6 Å². The normalized spacial score (nSPS) is 18.1. The number of ether oxygens (including phenoxy) is 3. The van der Waals surface area contributed by atoms with Crippen molar-refractivity contribution in [1.82, 2.24) is 9.62 Å². The Morgan fingerprint density at radius 1 is 1.09 bits per heavy atom. The Labute approximate surface area is 197 Å². The van der Waals surface area contributed by atoms with Gasteiger partial charge in [0.15, 0.2) is 18.1 Å². The second-order valence-electron chi connectivity index (χ2n) is 8.53. The van der Waals surface area contributed by atoms with Crippen LogP contribution in [-0.4, -0.2) is 51.0 Å². The molecule has 0 atom stereocenters. The van der Waals surface area contributed by atoms with Gasteiger partial charge in [-0.3, -0.25) is 9.59 Å². The van der Waals surface area contributed by atoms with Crippen molar-refractivity contribution >= 4 is 27.5 Å². The molecule has 11 heteroatoms. The summed E-state index contributed by atoms with van der Waals surface area (Å²) in [5, 5.41) is 5.62. The number of carbonyl (C=O) groups is 2. The molecule has 3 heterocycles. The minimum Gasteiger partial charge on any atom is -0.482 e. The van der Waals surface area contributed by atoms with Crippen LogP contribution in [0.5, 0.6) is 17.2 Å². The lowest BCUT2D eigenvalue weighted by Crippen LogP contribution is -2.43. The molecule has 3 aliphatic heterocycles. The number of fused-ring (bicyclic) bond motifs is 2. The van der Waals surface area contributed by atoms with E-state index in [-0.39, 0.29) is 49.1 Å². The van der Waals surface area contributed by atoms with Crippen molar-refractivity contribution in [2.75, 3.05) is 31.8 Å². The molecule has 1 saturated heterocycles. The van der Waals surface area contributed by atoms with Crippen LogP contribution < -0.4 is 24.8 Å². The van der Waals surface area contributed by atoms with Crippen LogP contribution in [0, 0.1) is 12.8 Å². The Morgan fingerprint density at radius 3 is 2.65 bits per heavy atom. The number of nitrogens with one attached hydrogen (secondary N) is 2. The third-order valence-electron chi connectivity index (χ3n) is 6.26. The number of hydrogen-bond acceptors (Lipinski definition) is 7. The van der Waals surface area contributed by atoms with Crippen LogP contribution in [0.3, 0.4) is 0 Å². The van der Waals surface area contributed by atoms with Gasteiger partial charge >= 0.3 is 0 Å². The molecule has 0 saturated carbocycles. The van der Waals surface area contributed by atoms with Crippen molar-refractivity contribution in [3.05, 3.63) is 41.5 Å². The fourth-order valence-corrected chi connectivity index (χ4v) is 6.07. The molecule has 0 aliphatic carbocycles. The molecule has 2 aromatic rings. The van der Waals surface area contributed by atoms with E-state index in [1.807, 2.05) is 18.2 Å². The summed E-state index contributed by atoms with van der Waals surface area (Å²) in [5.74, 6) is 1.06. The van der Waals surface area contributed by atoms with Gasteiger partial charge in [0.25, 0.3) is 5.91 Å². The lowest BCUT2D eigenvalue weighted by molar-refractivity contribution is -0.126. The highest BCUT2D eigenvalue weighted by Crippen LogP contribution is 2.35. The van der Waals surface area contributed by atoms with Crippen LogP contribution in [-0.2, 0) is 26.2 Å². The van der Waals surface area contributed by atoms with Gasteiger partial charge in [-0.1, -0.05) is 6.07 Å². The maximum Gasteiger partial charge on any atom is 0.262 e. The van der Waals surface area contributed by atoms with Gasteiger partial charge in [0.05, 0.1) is 10.6 Å². The zero-order valence-corrected chi connectivity index (χ0v) is 19.4. The molecule has 2 aromatic carbocycles. The fraction of sp³-hybridized carbons (Fsp3) is 0.391. The van der Waals surface area contributed by atoms with Gasteiger partial charge in [-0.25, -0.2) is 8.42 Å². The SMILES string of the molecule is Cc1cc2c(cc1S(=O)(=O)N1CCC(C(=O)NCc3ccc4c(c3)OCO4)CC1)OCC(=O)N2. The Kier molecular flexibility index (Phi) is 5.82. The zero-order valence-electron chi connectivity index (χ0n) is 18.6. The number of amides is 2. The summed E-state index contributed by atoms with van der Waals surface area (Å²) in [6, 6.07) is 8.60. The molecule has 0 bridgehead atoms. The van der Waals surface area contributed by atoms with E-state index in [0.29, 0.717) is 47.9 Å². The van der Waals surface area contributed by atoms with Crippen LogP contribution in [0.25, 0.3) is 0 Å². The van der Waals surface area contributed by atoms with Crippen LogP contribution in [0.4, 0.5) is 5.69 Å². The maximum atomic E-state index is 13.3. The number of piperidine rings is 1. The minimum atomic E-state index is -3.77. The van der Waals surface area contributed by atoms with Crippen molar-refractivity contribution in [3.63, 3.8) is 0 Å². The molecule has 0 spiro atoms. The minimum absolute atomic E-state index is 0.0937. The molecule has 10 nitrogen and oxygen atoms in total. The first-order valence-electron chi connectivity index (χ1n) is 11.0. The third-order valence-corrected chi connectivity index (χ3v) is 8.30. The molecular formula is C23H25N3O7S. The van der Waals surface area contributed by atoms with E-state index in [0.717, 1.165) is 5.56 Å². The molecular weight excluding hydrogens is 462 g/mol. The van der Waals surface area contributed by atoms with Gasteiger partial charge in [0.2, 0.25) is 22.7 Å². The van der Waals surface area contributed by atoms with Crippen molar-refractivity contribution in [1.29, 1.82) is 0 Å². The summed E-state index contributed by atoms with van der Waals surface area (Å²) in [7, 11) is -3.77. The number of rotatable bonds is 5. The van der Waals surface area contributed by atoms with Gasteiger partial charge in [0.1, 0.15) is 5.75 Å². The van der Waals surface area contributed by atoms with E-state index in [4.69, 9.17) is 14.2 Å².